The van der Waals surface area contributed by atoms with E-state index in [1.54, 1.807) is 25.3 Å². The van der Waals surface area contributed by atoms with Gasteiger partial charge < -0.3 is 15.2 Å². The molecule has 1 amide bonds. The minimum Gasteiger partial charge on any atom is -0.495 e. The van der Waals surface area contributed by atoms with Gasteiger partial charge in [-0.15, -0.1) is 0 Å². The summed E-state index contributed by atoms with van der Waals surface area (Å²) in [6.07, 6.45) is 0. The van der Waals surface area contributed by atoms with Crippen molar-refractivity contribution in [3.05, 3.63) is 22.7 Å². The van der Waals surface area contributed by atoms with Gasteiger partial charge in [0.25, 0.3) is 5.91 Å². The first-order valence-corrected chi connectivity index (χ1v) is 4.68. The molecule has 14 heavy (non-hydrogen) atoms. The van der Waals surface area contributed by atoms with Crippen molar-refractivity contribution in [2.45, 2.75) is 0 Å². The fourth-order valence-electron chi connectivity index (χ4n) is 0.909. The number of carbonyl (C=O) groups is 1. The van der Waals surface area contributed by atoms with Gasteiger partial charge in [-0.25, -0.2) is 0 Å². The standard InChI is InChI=1S/C9H10BrNO3/c1-13-6-3-2-4-7(9(6)10)14-5-8(11)12/h2-4H,5H2,1H3,(H2,11,12). The average Bonchev–Trinajstić information content (AvgIpc) is 2.16. The molecule has 2 N–H and O–H groups in total. The van der Waals surface area contributed by atoms with Gasteiger partial charge in [0.05, 0.1) is 7.11 Å². The lowest BCUT2D eigenvalue weighted by Gasteiger charge is -2.08. The Balaban J connectivity index is 2.81. The number of carbonyl (C=O) groups excluding carboxylic acids is 1. The lowest BCUT2D eigenvalue weighted by Crippen LogP contribution is -2.20. The number of hydrogen-bond acceptors (Lipinski definition) is 3. The smallest absolute Gasteiger partial charge is 0.255 e. The number of halogens is 1. The third-order valence-corrected chi connectivity index (χ3v) is 2.30. The molecule has 0 heterocycles. The summed E-state index contributed by atoms with van der Waals surface area (Å²) >= 11 is 3.29. The van der Waals surface area contributed by atoms with Crippen LogP contribution in [0.15, 0.2) is 22.7 Å². The van der Waals surface area contributed by atoms with Crippen molar-refractivity contribution in [3.63, 3.8) is 0 Å². The summed E-state index contributed by atoms with van der Waals surface area (Å²) in [4.78, 5) is 10.5. The average molecular weight is 260 g/mol. The van der Waals surface area contributed by atoms with Crippen molar-refractivity contribution in [2.75, 3.05) is 13.7 Å². The van der Waals surface area contributed by atoms with Crippen molar-refractivity contribution < 1.29 is 14.3 Å². The number of primary amides is 1. The highest BCUT2D eigenvalue weighted by Gasteiger charge is 2.07. The van der Waals surface area contributed by atoms with Crippen LogP contribution in [0, 0.1) is 0 Å². The van der Waals surface area contributed by atoms with Crippen LogP contribution in [0.5, 0.6) is 11.5 Å². The SMILES string of the molecule is COc1cccc(OCC(N)=O)c1Br. The van der Waals surface area contributed by atoms with E-state index in [0.29, 0.717) is 16.0 Å². The molecule has 0 radical (unpaired) electrons. The maximum Gasteiger partial charge on any atom is 0.255 e. The van der Waals surface area contributed by atoms with Gasteiger partial charge in [0, 0.05) is 0 Å². The number of methoxy groups -OCH3 is 1. The second-order valence-corrected chi connectivity index (χ2v) is 3.32. The van der Waals surface area contributed by atoms with Crippen LogP contribution >= 0.6 is 15.9 Å². The fraction of sp³-hybridized carbons (Fsp3) is 0.222. The summed E-state index contributed by atoms with van der Waals surface area (Å²) in [6, 6.07) is 5.26. The van der Waals surface area contributed by atoms with E-state index in [0.717, 1.165) is 0 Å². The number of amides is 1. The first-order valence-electron chi connectivity index (χ1n) is 3.88. The van der Waals surface area contributed by atoms with Gasteiger partial charge in [0.2, 0.25) is 0 Å². The van der Waals surface area contributed by atoms with Crippen molar-refractivity contribution in [1.82, 2.24) is 0 Å². The van der Waals surface area contributed by atoms with Crippen LogP contribution in [0.25, 0.3) is 0 Å². The molecular formula is C9H10BrNO3. The number of rotatable bonds is 4. The summed E-state index contributed by atoms with van der Waals surface area (Å²) in [5.41, 5.74) is 4.95. The lowest BCUT2D eigenvalue weighted by molar-refractivity contribution is -0.119. The van der Waals surface area contributed by atoms with E-state index in [2.05, 4.69) is 15.9 Å². The highest BCUT2D eigenvalue weighted by atomic mass is 79.9. The molecule has 0 saturated carbocycles. The third-order valence-electron chi connectivity index (χ3n) is 1.52. The zero-order valence-electron chi connectivity index (χ0n) is 7.62. The number of hydrogen-bond donors (Lipinski definition) is 1. The highest BCUT2D eigenvalue weighted by molar-refractivity contribution is 9.10. The zero-order valence-corrected chi connectivity index (χ0v) is 9.21. The highest BCUT2D eigenvalue weighted by Crippen LogP contribution is 2.33. The maximum absolute atomic E-state index is 10.5. The third kappa shape index (κ3) is 2.63. The van der Waals surface area contributed by atoms with E-state index < -0.39 is 5.91 Å². The molecule has 0 saturated heterocycles. The molecule has 1 aromatic carbocycles. The summed E-state index contributed by atoms with van der Waals surface area (Å²) in [7, 11) is 1.55. The molecule has 4 nitrogen and oxygen atoms in total. The van der Waals surface area contributed by atoms with Crippen LogP contribution in [-0.2, 0) is 4.79 Å². The lowest BCUT2D eigenvalue weighted by atomic mass is 10.3. The van der Waals surface area contributed by atoms with Gasteiger partial charge >= 0.3 is 0 Å². The quantitative estimate of drug-likeness (QED) is 0.888. The van der Waals surface area contributed by atoms with Crippen LogP contribution in [0.2, 0.25) is 0 Å². The predicted octanol–water partition coefficient (Wildman–Crippen LogP) is 1.32. The Bertz CT molecular complexity index is 341. The van der Waals surface area contributed by atoms with Crippen molar-refractivity contribution in [2.24, 2.45) is 5.73 Å². The molecule has 1 rings (SSSR count). The Morgan fingerprint density at radius 3 is 2.71 bits per heavy atom. The van der Waals surface area contributed by atoms with Crippen LogP contribution in [-0.4, -0.2) is 19.6 Å². The minimum absolute atomic E-state index is 0.147. The van der Waals surface area contributed by atoms with Gasteiger partial charge in [0.1, 0.15) is 16.0 Å². The monoisotopic (exact) mass is 259 g/mol. The van der Waals surface area contributed by atoms with Crippen LogP contribution in [0.4, 0.5) is 0 Å². The molecule has 0 fully saturated rings. The Labute approximate surface area is 90.1 Å². The summed E-state index contributed by atoms with van der Waals surface area (Å²) in [5.74, 6) is 0.662. The van der Waals surface area contributed by atoms with Crippen LogP contribution < -0.4 is 15.2 Å². The second kappa shape index (κ2) is 4.85. The first kappa shape index (κ1) is 10.8. The topological polar surface area (TPSA) is 61.6 Å². The van der Waals surface area contributed by atoms with E-state index in [1.165, 1.54) is 0 Å². The van der Waals surface area contributed by atoms with E-state index in [-0.39, 0.29) is 6.61 Å². The van der Waals surface area contributed by atoms with Crippen molar-refractivity contribution in [3.8, 4) is 11.5 Å². The molecule has 0 spiro atoms. The van der Waals surface area contributed by atoms with Gasteiger partial charge in [-0.1, -0.05) is 6.07 Å². The van der Waals surface area contributed by atoms with Crippen LogP contribution in [0.3, 0.4) is 0 Å². The summed E-state index contributed by atoms with van der Waals surface area (Å²) in [5, 5.41) is 0. The van der Waals surface area contributed by atoms with Crippen molar-refractivity contribution >= 4 is 21.8 Å². The van der Waals surface area contributed by atoms with Gasteiger partial charge in [-0.3, -0.25) is 4.79 Å². The molecule has 0 atom stereocenters. The molecule has 0 aromatic heterocycles. The van der Waals surface area contributed by atoms with Crippen molar-refractivity contribution in [1.29, 1.82) is 0 Å². The maximum atomic E-state index is 10.5. The largest absolute Gasteiger partial charge is 0.495 e. The number of benzene rings is 1. The van der Waals surface area contributed by atoms with Gasteiger partial charge in [-0.05, 0) is 28.1 Å². The van der Waals surface area contributed by atoms with Gasteiger partial charge in [0.15, 0.2) is 6.61 Å². The molecule has 76 valence electrons. The second-order valence-electron chi connectivity index (χ2n) is 2.53. The molecule has 0 aliphatic carbocycles. The molecule has 5 heteroatoms. The molecule has 0 unspecified atom stereocenters. The van der Waals surface area contributed by atoms with Crippen LogP contribution in [0.1, 0.15) is 0 Å². The number of nitrogens with two attached hydrogens (primary N) is 1. The molecule has 0 bridgehead atoms. The normalized spacial score (nSPS) is 9.57. The first-order chi connectivity index (χ1) is 6.65. The van der Waals surface area contributed by atoms with E-state index in [1.807, 2.05) is 0 Å². The molecule has 0 aliphatic heterocycles. The van der Waals surface area contributed by atoms with E-state index in [4.69, 9.17) is 15.2 Å². The minimum atomic E-state index is -0.514. The Hall–Kier alpha value is -1.23. The predicted molar refractivity (Wildman–Crippen MR) is 55.4 cm³/mol. The molecule has 0 aliphatic rings. The molecular weight excluding hydrogens is 250 g/mol. The number of ether oxygens (including phenoxy) is 2. The molecule has 1 aromatic rings. The van der Waals surface area contributed by atoms with E-state index in [9.17, 15) is 4.79 Å². The van der Waals surface area contributed by atoms with E-state index >= 15 is 0 Å². The Morgan fingerprint density at radius 2 is 2.14 bits per heavy atom. The fourth-order valence-corrected chi connectivity index (χ4v) is 1.45. The Morgan fingerprint density at radius 1 is 1.50 bits per heavy atom. The summed E-state index contributed by atoms with van der Waals surface area (Å²) in [6.45, 7) is -0.147. The Kier molecular flexibility index (Phi) is 3.76. The van der Waals surface area contributed by atoms with Gasteiger partial charge in [-0.2, -0.15) is 0 Å². The zero-order chi connectivity index (χ0) is 10.6. The summed E-state index contributed by atoms with van der Waals surface area (Å²) < 4.78 is 10.9.